The standard InChI is InChI=1S/C22H22F2N2O4/c1-29-19-13-15(7-9-18(19)30-22(23)24)8-10-20(27)25-17-5-2-4-16(12-17)14-26-11-3-6-21(26)28/h2,4-5,7-10,12-13,22H,3,6,11,14H2,1H3,(H,25,27)/b10-8+. The zero-order chi connectivity index (χ0) is 21.5. The maximum absolute atomic E-state index is 12.4. The van der Waals surface area contributed by atoms with E-state index in [1.165, 1.54) is 37.5 Å². The molecule has 6 nitrogen and oxygen atoms in total. The summed E-state index contributed by atoms with van der Waals surface area (Å²) in [6.45, 7) is -1.68. The highest BCUT2D eigenvalue weighted by atomic mass is 19.3. The molecule has 8 heteroatoms. The van der Waals surface area contributed by atoms with Gasteiger partial charge in [-0.05, 0) is 47.9 Å². The molecular weight excluding hydrogens is 394 g/mol. The summed E-state index contributed by atoms with van der Waals surface area (Å²) in [4.78, 5) is 25.8. The highest BCUT2D eigenvalue weighted by Gasteiger charge is 2.20. The average molecular weight is 416 g/mol. The number of nitrogens with one attached hydrogen (secondary N) is 1. The summed E-state index contributed by atoms with van der Waals surface area (Å²) >= 11 is 0. The molecule has 2 aromatic rings. The third-order valence-electron chi connectivity index (χ3n) is 4.57. The van der Waals surface area contributed by atoms with Crippen LogP contribution in [0.1, 0.15) is 24.0 Å². The average Bonchev–Trinajstić information content (AvgIpc) is 3.11. The van der Waals surface area contributed by atoms with Crippen LogP contribution in [0.4, 0.5) is 14.5 Å². The van der Waals surface area contributed by atoms with Gasteiger partial charge in [0.25, 0.3) is 0 Å². The number of carbonyl (C=O) groups is 2. The second-order valence-electron chi connectivity index (χ2n) is 6.73. The molecule has 2 aromatic carbocycles. The largest absolute Gasteiger partial charge is 0.493 e. The van der Waals surface area contributed by atoms with Gasteiger partial charge in [0.05, 0.1) is 7.11 Å². The fourth-order valence-corrected chi connectivity index (χ4v) is 3.18. The Balaban J connectivity index is 1.62. The number of methoxy groups -OCH3 is 1. The van der Waals surface area contributed by atoms with Crippen molar-refractivity contribution in [1.29, 1.82) is 0 Å². The first-order valence-electron chi connectivity index (χ1n) is 9.43. The number of benzene rings is 2. The number of likely N-dealkylation sites (tertiary alicyclic amines) is 1. The Labute approximate surface area is 173 Å². The van der Waals surface area contributed by atoms with Crippen molar-refractivity contribution in [2.75, 3.05) is 19.0 Å². The van der Waals surface area contributed by atoms with Crippen LogP contribution in [0.5, 0.6) is 11.5 Å². The molecule has 0 spiro atoms. The van der Waals surface area contributed by atoms with Crippen LogP contribution in [-0.2, 0) is 16.1 Å². The van der Waals surface area contributed by atoms with Crippen molar-refractivity contribution in [3.05, 3.63) is 59.7 Å². The second-order valence-corrected chi connectivity index (χ2v) is 6.73. The van der Waals surface area contributed by atoms with Crippen LogP contribution in [0.15, 0.2) is 48.5 Å². The molecule has 3 rings (SSSR count). The zero-order valence-electron chi connectivity index (χ0n) is 16.4. The van der Waals surface area contributed by atoms with Gasteiger partial charge in [-0.15, -0.1) is 0 Å². The molecule has 1 aliphatic rings. The summed E-state index contributed by atoms with van der Waals surface area (Å²) in [5.41, 5.74) is 2.14. The molecule has 0 unspecified atom stereocenters. The number of amides is 2. The van der Waals surface area contributed by atoms with Gasteiger partial charge in [-0.3, -0.25) is 9.59 Å². The number of hydrogen-bond donors (Lipinski definition) is 1. The Morgan fingerprint density at radius 3 is 2.77 bits per heavy atom. The van der Waals surface area contributed by atoms with Crippen molar-refractivity contribution in [2.24, 2.45) is 0 Å². The molecule has 158 valence electrons. The lowest BCUT2D eigenvalue weighted by Crippen LogP contribution is -2.23. The van der Waals surface area contributed by atoms with Gasteiger partial charge in [-0.25, -0.2) is 0 Å². The van der Waals surface area contributed by atoms with E-state index in [2.05, 4.69) is 10.1 Å². The molecule has 1 heterocycles. The Morgan fingerprint density at radius 1 is 1.23 bits per heavy atom. The first-order chi connectivity index (χ1) is 14.4. The lowest BCUT2D eigenvalue weighted by atomic mass is 10.1. The van der Waals surface area contributed by atoms with Gasteiger partial charge >= 0.3 is 6.61 Å². The van der Waals surface area contributed by atoms with Gasteiger partial charge in [0.15, 0.2) is 11.5 Å². The van der Waals surface area contributed by atoms with Gasteiger partial charge < -0.3 is 19.7 Å². The molecule has 0 atom stereocenters. The van der Waals surface area contributed by atoms with Crippen molar-refractivity contribution in [3.8, 4) is 11.5 Å². The van der Waals surface area contributed by atoms with E-state index in [-0.39, 0.29) is 23.3 Å². The Kier molecular flexibility index (Phi) is 7.00. The van der Waals surface area contributed by atoms with E-state index >= 15 is 0 Å². The number of alkyl halides is 2. The Morgan fingerprint density at radius 2 is 2.07 bits per heavy atom. The van der Waals surface area contributed by atoms with Crippen LogP contribution in [0, 0.1) is 0 Å². The van der Waals surface area contributed by atoms with Crippen LogP contribution >= 0.6 is 0 Å². The van der Waals surface area contributed by atoms with Crippen molar-refractivity contribution in [2.45, 2.75) is 26.0 Å². The highest BCUT2D eigenvalue weighted by Crippen LogP contribution is 2.29. The van der Waals surface area contributed by atoms with Crippen LogP contribution in [-0.4, -0.2) is 37.0 Å². The smallest absolute Gasteiger partial charge is 0.387 e. The normalized spacial score (nSPS) is 13.9. The minimum absolute atomic E-state index is 0.0811. The third-order valence-corrected chi connectivity index (χ3v) is 4.57. The summed E-state index contributed by atoms with van der Waals surface area (Å²) in [6.07, 6.45) is 4.33. The summed E-state index contributed by atoms with van der Waals surface area (Å²) in [6, 6.07) is 11.7. The molecule has 0 saturated carbocycles. The van der Waals surface area contributed by atoms with E-state index in [4.69, 9.17) is 4.74 Å². The van der Waals surface area contributed by atoms with E-state index in [0.717, 1.165) is 18.5 Å². The summed E-state index contributed by atoms with van der Waals surface area (Å²) in [7, 11) is 1.34. The molecule has 0 bridgehead atoms. The topological polar surface area (TPSA) is 67.9 Å². The monoisotopic (exact) mass is 416 g/mol. The molecule has 1 aliphatic heterocycles. The lowest BCUT2D eigenvalue weighted by molar-refractivity contribution is -0.128. The predicted molar refractivity (Wildman–Crippen MR) is 108 cm³/mol. The molecule has 1 fully saturated rings. The number of halogens is 2. The van der Waals surface area contributed by atoms with E-state index in [1.54, 1.807) is 11.0 Å². The summed E-state index contributed by atoms with van der Waals surface area (Å²) < 4.78 is 34.2. The van der Waals surface area contributed by atoms with Crippen molar-refractivity contribution >= 4 is 23.6 Å². The van der Waals surface area contributed by atoms with Crippen LogP contribution in [0.3, 0.4) is 0 Å². The fourth-order valence-electron chi connectivity index (χ4n) is 3.18. The first-order valence-corrected chi connectivity index (χ1v) is 9.43. The molecule has 0 aliphatic carbocycles. The highest BCUT2D eigenvalue weighted by molar-refractivity contribution is 6.02. The maximum atomic E-state index is 12.4. The SMILES string of the molecule is COc1cc(/C=C/C(=O)Nc2cccc(CN3CCCC3=O)c2)ccc1OC(F)F. The third kappa shape index (κ3) is 5.79. The van der Waals surface area contributed by atoms with Crippen LogP contribution in [0.25, 0.3) is 6.08 Å². The Bertz CT molecular complexity index is 946. The predicted octanol–water partition coefficient (Wildman–Crippen LogP) is 4.07. The summed E-state index contributed by atoms with van der Waals surface area (Å²) in [5.74, 6) is -0.145. The van der Waals surface area contributed by atoms with Gasteiger partial charge in [-0.1, -0.05) is 18.2 Å². The minimum Gasteiger partial charge on any atom is -0.493 e. The minimum atomic E-state index is -2.95. The zero-order valence-corrected chi connectivity index (χ0v) is 16.4. The number of rotatable bonds is 8. The van der Waals surface area contributed by atoms with Crippen molar-refractivity contribution in [1.82, 2.24) is 4.90 Å². The van der Waals surface area contributed by atoms with E-state index in [9.17, 15) is 18.4 Å². The van der Waals surface area contributed by atoms with Gasteiger partial charge in [0.2, 0.25) is 11.8 Å². The fraction of sp³-hybridized carbons (Fsp3) is 0.273. The van der Waals surface area contributed by atoms with Crippen LogP contribution < -0.4 is 14.8 Å². The summed E-state index contributed by atoms with van der Waals surface area (Å²) in [5, 5.41) is 2.77. The number of nitrogens with zero attached hydrogens (tertiary/aromatic N) is 1. The second kappa shape index (κ2) is 9.87. The molecule has 30 heavy (non-hydrogen) atoms. The number of hydrogen-bond acceptors (Lipinski definition) is 4. The van der Waals surface area contributed by atoms with E-state index in [0.29, 0.717) is 24.2 Å². The maximum Gasteiger partial charge on any atom is 0.387 e. The van der Waals surface area contributed by atoms with Crippen molar-refractivity contribution in [3.63, 3.8) is 0 Å². The van der Waals surface area contributed by atoms with Gasteiger partial charge in [0.1, 0.15) is 0 Å². The van der Waals surface area contributed by atoms with E-state index in [1.807, 2.05) is 18.2 Å². The van der Waals surface area contributed by atoms with Crippen LogP contribution in [0.2, 0.25) is 0 Å². The molecule has 1 N–H and O–H groups in total. The van der Waals surface area contributed by atoms with Gasteiger partial charge in [0, 0.05) is 31.3 Å². The molecular formula is C22H22F2N2O4. The van der Waals surface area contributed by atoms with Gasteiger partial charge in [-0.2, -0.15) is 8.78 Å². The van der Waals surface area contributed by atoms with Crippen molar-refractivity contribution < 1.29 is 27.8 Å². The number of carbonyl (C=O) groups excluding carboxylic acids is 2. The first kappa shape index (κ1) is 21.3. The Hall–Kier alpha value is -3.42. The van der Waals surface area contributed by atoms with E-state index < -0.39 is 6.61 Å². The quantitative estimate of drug-likeness (QED) is 0.659. The lowest BCUT2D eigenvalue weighted by Gasteiger charge is -2.16. The molecule has 1 saturated heterocycles. The number of anilines is 1. The number of ether oxygens (including phenoxy) is 2. The molecule has 0 aromatic heterocycles. The molecule has 0 radical (unpaired) electrons. The molecule has 2 amide bonds.